The Balaban J connectivity index is 0.000000406. The van der Waals surface area contributed by atoms with Crippen LogP contribution in [0.25, 0.3) is 22.5 Å². The highest BCUT2D eigenvalue weighted by Gasteiger charge is 2.38. The van der Waals surface area contributed by atoms with Gasteiger partial charge in [0.1, 0.15) is 0 Å². The fraction of sp³-hybridized carbons (Fsp3) is 0.227. The molecule has 1 amide bonds. The van der Waals surface area contributed by atoms with Gasteiger partial charge in [-0.3, -0.25) is 9.78 Å². The Morgan fingerprint density at radius 3 is 2.26 bits per heavy atom. The molecule has 1 aromatic carbocycles. The molecular weight excluding hydrogens is 475 g/mol. The Labute approximate surface area is 192 Å². The number of H-pyrrole nitrogens is 1. The van der Waals surface area contributed by atoms with Crippen molar-refractivity contribution in [3.8, 4) is 22.5 Å². The molecule has 8 nitrogen and oxygen atoms in total. The second-order valence-corrected chi connectivity index (χ2v) is 9.67. The number of hydrogen-bond acceptors (Lipinski definition) is 5. The number of hydrogen-bond donors (Lipinski definition) is 3. The highest BCUT2D eigenvalue weighted by atomic mass is 32.2. The van der Waals surface area contributed by atoms with Gasteiger partial charge < -0.3 is 15.4 Å². The Morgan fingerprint density at radius 1 is 1.12 bits per heavy atom. The first-order chi connectivity index (χ1) is 15.8. The van der Waals surface area contributed by atoms with E-state index in [4.69, 9.17) is 9.90 Å². The predicted molar refractivity (Wildman–Crippen MR) is 117 cm³/mol. The number of carboxylic acids is 1. The van der Waals surface area contributed by atoms with Crippen LogP contribution in [0.2, 0.25) is 0 Å². The van der Waals surface area contributed by atoms with Crippen LogP contribution in [0.4, 0.5) is 13.2 Å². The normalized spacial score (nSPS) is 15.6. The van der Waals surface area contributed by atoms with Gasteiger partial charge in [0.05, 0.1) is 16.2 Å². The minimum Gasteiger partial charge on any atom is -0.475 e. The quantitative estimate of drug-likeness (QED) is 0.509. The van der Waals surface area contributed by atoms with Crippen LogP contribution in [-0.2, 0) is 14.6 Å². The highest BCUT2D eigenvalue weighted by Crippen LogP contribution is 2.30. The molecule has 0 spiro atoms. The van der Waals surface area contributed by atoms with E-state index in [9.17, 15) is 26.4 Å². The first kappa shape index (κ1) is 25.0. The largest absolute Gasteiger partial charge is 0.490 e. The Kier molecular flexibility index (Phi) is 6.82. The zero-order chi connectivity index (χ0) is 25.3. The third-order valence-corrected chi connectivity index (χ3v) is 6.17. The first-order valence-corrected chi connectivity index (χ1v) is 11.7. The molecule has 4 rings (SSSR count). The number of benzene rings is 1. The number of nitrogens with one attached hydrogen (secondary N) is 2. The van der Waals surface area contributed by atoms with Crippen molar-refractivity contribution in [2.24, 2.45) is 0 Å². The van der Waals surface area contributed by atoms with Crippen molar-refractivity contribution in [3.05, 3.63) is 59.9 Å². The van der Waals surface area contributed by atoms with Crippen LogP contribution in [0.1, 0.15) is 28.9 Å². The zero-order valence-corrected chi connectivity index (χ0v) is 18.8. The number of carbonyl (C=O) groups excluding carboxylic acids is 1. The molecule has 3 N–H and O–H groups in total. The lowest BCUT2D eigenvalue weighted by Crippen LogP contribution is -2.33. The third kappa shape index (κ3) is 5.63. The maximum atomic E-state index is 12.1. The van der Waals surface area contributed by atoms with Crippen LogP contribution >= 0.6 is 0 Å². The molecular formula is C22H20F3N3O5S. The molecule has 1 unspecified atom stereocenters. The van der Waals surface area contributed by atoms with E-state index >= 15 is 0 Å². The van der Waals surface area contributed by atoms with Crippen LogP contribution in [0.15, 0.2) is 53.6 Å². The lowest BCUT2D eigenvalue weighted by molar-refractivity contribution is -0.192. The number of aromatic amines is 1. The number of amides is 1. The molecule has 0 bridgehead atoms. The molecule has 0 saturated heterocycles. The van der Waals surface area contributed by atoms with Gasteiger partial charge in [0.2, 0.25) is 0 Å². The van der Waals surface area contributed by atoms with E-state index in [1.807, 2.05) is 18.2 Å². The lowest BCUT2D eigenvalue weighted by atomic mass is 9.99. The van der Waals surface area contributed by atoms with E-state index in [1.165, 1.54) is 6.26 Å². The number of halogens is 3. The number of aliphatic carboxylic acids is 1. The van der Waals surface area contributed by atoms with Crippen LogP contribution < -0.4 is 5.32 Å². The number of pyridine rings is 1. The molecule has 3 heterocycles. The summed E-state index contributed by atoms with van der Waals surface area (Å²) in [6.45, 7) is 2.69. The summed E-state index contributed by atoms with van der Waals surface area (Å²) >= 11 is 0. The van der Waals surface area contributed by atoms with E-state index < -0.39 is 22.0 Å². The van der Waals surface area contributed by atoms with Crippen molar-refractivity contribution < 1.29 is 36.3 Å². The van der Waals surface area contributed by atoms with Gasteiger partial charge in [-0.2, -0.15) is 13.2 Å². The van der Waals surface area contributed by atoms with E-state index in [0.29, 0.717) is 12.1 Å². The fourth-order valence-corrected chi connectivity index (χ4v) is 3.90. The van der Waals surface area contributed by atoms with Gasteiger partial charge in [-0.1, -0.05) is 19.1 Å². The summed E-state index contributed by atoms with van der Waals surface area (Å²) in [4.78, 5) is 29.0. The molecule has 1 atom stereocenters. The number of aromatic nitrogens is 2. The van der Waals surface area contributed by atoms with Crippen molar-refractivity contribution >= 4 is 21.7 Å². The highest BCUT2D eigenvalue weighted by molar-refractivity contribution is 7.90. The first-order valence-electron chi connectivity index (χ1n) is 9.85. The zero-order valence-electron chi connectivity index (χ0n) is 18.0. The Morgan fingerprint density at radius 2 is 1.74 bits per heavy atom. The fourth-order valence-electron chi connectivity index (χ4n) is 3.27. The van der Waals surface area contributed by atoms with Gasteiger partial charge in [-0.25, -0.2) is 13.2 Å². The van der Waals surface area contributed by atoms with Crippen LogP contribution in [-0.4, -0.2) is 54.3 Å². The molecule has 1 aliphatic rings. The van der Waals surface area contributed by atoms with Gasteiger partial charge in [0, 0.05) is 47.4 Å². The molecule has 0 aliphatic carbocycles. The van der Waals surface area contributed by atoms with Gasteiger partial charge in [-0.15, -0.1) is 0 Å². The van der Waals surface area contributed by atoms with Gasteiger partial charge in [0.15, 0.2) is 9.84 Å². The number of sulfone groups is 1. The number of nitrogens with zero attached hydrogens (tertiary/aromatic N) is 1. The Hall–Kier alpha value is -3.67. The number of rotatable bonds is 3. The van der Waals surface area contributed by atoms with E-state index in [0.717, 1.165) is 28.2 Å². The maximum absolute atomic E-state index is 12.1. The van der Waals surface area contributed by atoms with E-state index in [1.54, 1.807) is 30.5 Å². The standard InChI is InChI=1S/C20H19N3O3S.C2HF3O2/c1-12-11-22-20(24)16-10-18(23-19(12)16)14-7-8-21-17(9-14)13-3-5-15(6-4-13)27(2,25)26;3-2(4,5)1(6)7/h3-10,12,23H,11H2,1-2H3,(H,22,24);(H,6,7). The van der Waals surface area contributed by atoms with Gasteiger partial charge in [0.25, 0.3) is 5.91 Å². The minimum absolute atomic E-state index is 0.0590. The molecule has 0 radical (unpaired) electrons. The van der Waals surface area contributed by atoms with Crippen molar-refractivity contribution in [1.82, 2.24) is 15.3 Å². The molecule has 2 aromatic heterocycles. The average molecular weight is 495 g/mol. The summed E-state index contributed by atoms with van der Waals surface area (Å²) in [5, 5.41) is 10.0. The molecule has 34 heavy (non-hydrogen) atoms. The molecule has 1 aliphatic heterocycles. The summed E-state index contributed by atoms with van der Waals surface area (Å²) in [5.41, 5.74) is 4.97. The maximum Gasteiger partial charge on any atom is 0.490 e. The van der Waals surface area contributed by atoms with Crippen molar-refractivity contribution in [1.29, 1.82) is 0 Å². The molecule has 3 aromatic rings. The predicted octanol–water partition coefficient (Wildman–Crippen LogP) is 3.63. The van der Waals surface area contributed by atoms with Crippen LogP contribution in [0.3, 0.4) is 0 Å². The number of alkyl halides is 3. The van der Waals surface area contributed by atoms with E-state index in [-0.39, 0.29) is 16.7 Å². The Bertz CT molecular complexity index is 1330. The molecule has 12 heteroatoms. The molecule has 0 fully saturated rings. The third-order valence-electron chi connectivity index (χ3n) is 5.05. The number of carbonyl (C=O) groups is 2. The van der Waals surface area contributed by atoms with Crippen molar-refractivity contribution in [3.63, 3.8) is 0 Å². The SMILES string of the molecule is CC1CNC(=O)c2cc(-c3ccnc(-c4ccc(S(C)(=O)=O)cc4)c3)[nH]c21.O=C(O)C(F)(F)F. The lowest BCUT2D eigenvalue weighted by Gasteiger charge is -2.18. The average Bonchev–Trinajstić information content (AvgIpc) is 3.23. The van der Waals surface area contributed by atoms with Crippen molar-refractivity contribution in [2.45, 2.75) is 23.9 Å². The van der Waals surface area contributed by atoms with E-state index in [2.05, 4.69) is 22.2 Å². The van der Waals surface area contributed by atoms with Crippen LogP contribution in [0.5, 0.6) is 0 Å². The second-order valence-electron chi connectivity index (χ2n) is 7.65. The molecule has 180 valence electrons. The summed E-state index contributed by atoms with van der Waals surface area (Å²) < 4.78 is 55.0. The van der Waals surface area contributed by atoms with Gasteiger partial charge >= 0.3 is 12.1 Å². The summed E-state index contributed by atoms with van der Waals surface area (Å²) in [6.07, 6.45) is -2.19. The smallest absolute Gasteiger partial charge is 0.475 e. The van der Waals surface area contributed by atoms with Gasteiger partial charge in [-0.05, 0) is 30.3 Å². The van der Waals surface area contributed by atoms with Crippen molar-refractivity contribution in [2.75, 3.05) is 12.8 Å². The topological polar surface area (TPSA) is 129 Å². The summed E-state index contributed by atoms with van der Waals surface area (Å²) in [5.74, 6) is -2.58. The minimum atomic E-state index is -5.08. The summed E-state index contributed by atoms with van der Waals surface area (Å²) in [6, 6.07) is 12.3. The second kappa shape index (κ2) is 9.29. The summed E-state index contributed by atoms with van der Waals surface area (Å²) in [7, 11) is -3.23. The number of carboxylic acid groups (broad SMARTS) is 1. The van der Waals surface area contributed by atoms with Crippen LogP contribution in [0, 0.1) is 0 Å². The molecule has 0 saturated carbocycles. The number of fused-ring (bicyclic) bond motifs is 1. The monoisotopic (exact) mass is 495 g/mol.